The molecule has 1 aromatic rings. The van der Waals surface area contributed by atoms with Crippen molar-refractivity contribution >= 4 is 17.3 Å². The number of carbonyl (C=O) groups excluding carboxylic acids is 1. The highest BCUT2D eigenvalue weighted by Crippen LogP contribution is 2.39. The van der Waals surface area contributed by atoms with E-state index >= 15 is 0 Å². The van der Waals surface area contributed by atoms with Crippen LogP contribution >= 0.6 is 0 Å². The third-order valence-corrected chi connectivity index (χ3v) is 3.56. The van der Waals surface area contributed by atoms with Gasteiger partial charge in [-0.25, -0.2) is 0 Å². The zero-order valence-electron chi connectivity index (χ0n) is 10.1. The van der Waals surface area contributed by atoms with E-state index in [-0.39, 0.29) is 11.3 Å². The second-order valence-electron chi connectivity index (χ2n) is 5.19. The normalized spacial score (nSPS) is 17.2. The molecule has 0 aliphatic heterocycles. The van der Waals surface area contributed by atoms with Crippen LogP contribution in [0.4, 0.5) is 11.4 Å². The summed E-state index contributed by atoms with van der Waals surface area (Å²) in [6.45, 7) is 2.92. The molecule has 0 aromatic heterocycles. The van der Waals surface area contributed by atoms with Crippen molar-refractivity contribution in [3.05, 3.63) is 23.8 Å². The maximum Gasteiger partial charge on any atom is 0.253 e. The molecule has 1 aromatic carbocycles. The van der Waals surface area contributed by atoms with Crippen LogP contribution in [-0.2, 0) is 0 Å². The Morgan fingerprint density at radius 3 is 2.65 bits per heavy atom. The Bertz CT molecular complexity index is 438. The van der Waals surface area contributed by atoms with E-state index in [2.05, 4.69) is 12.2 Å². The number of carbonyl (C=O) groups is 1. The van der Waals surface area contributed by atoms with Crippen LogP contribution < -0.4 is 16.8 Å². The zero-order valence-corrected chi connectivity index (χ0v) is 10.1. The van der Waals surface area contributed by atoms with Crippen molar-refractivity contribution < 1.29 is 4.79 Å². The molecule has 0 bridgehead atoms. The van der Waals surface area contributed by atoms with Crippen LogP contribution in [0.15, 0.2) is 18.2 Å². The van der Waals surface area contributed by atoms with Gasteiger partial charge in [0.2, 0.25) is 0 Å². The molecular formula is C13H19N3O. The zero-order chi connectivity index (χ0) is 12.5. The molecule has 5 N–H and O–H groups in total. The van der Waals surface area contributed by atoms with E-state index in [4.69, 9.17) is 11.5 Å². The second-order valence-corrected chi connectivity index (χ2v) is 5.19. The van der Waals surface area contributed by atoms with Crippen LogP contribution in [0, 0.1) is 5.41 Å². The second kappa shape index (κ2) is 4.28. The third kappa shape index (κ3) is 2.52. The molecule has 1 saturated carbocycles. The van der Waals surface area contributed by atoms with Crippen molar-refractivity contribution in [3.8, 4) is 0 Å². The summed E-state index contributed by atoms with van der Waals surface area (Å²) in [5.74, 6) is -0.115. The molecule has 92 valence electrons. The summed E-state index contributed by atoms with van der Waals surface area (Å²) in [6.07, 6.45) is 3.63. The van der Waals surface area contributed by atoms with Crippen LogP contribution in [-0.4, -0.2) is 12.5 Å². The molecule has 0 spiro atoms. The number of nitrogens with two attached hydrogens (primary N) is 2. The molecule has 1 aliphatic carbocycles. The quantitative estimate of drug-likeness (QED) is 0.696. The van der Waals surface area contributed by atoms with Gasteiger partial charge in [-0.1, -0.05) is 13.3 Å². The van der Waals surface area contributed by atoms with Gasteiger partial charge in [0, 0.05) is 17.9 Å². The lowest BCUT2D eigenvalue weighted by molar-refractivity contribution is 0.0891. The molecule has 0 atom stereocenters. The van der Waals surface area contributed by atoms with Gasteiger partial charge in [-0.15, -0.1) is 0 Å². The summed E-state index contributed by atoms with van der Waals surface area (Å²) in [7, 11) is 0. The Hall–Kier alpha value is -1.71. The number of rotatable bonds is 3. The van der Waals surface area contributed by atoms with Gasteiger partial charge in [0.1, 0.15) is 0 Å². The first-order chi connectivity index (χ1) is 8.00. The molecule has 1 fully saturated rings. The minimum atomic E-state index is -0.115. The molecule has 4 heteroatoms. The summed E-state index contributed by atoms with van der Waals surface area (Å²) >= 11 is 0. The van der Waals surface area contributed by atoms with E-state index in [0.29, 0.717) is 16.9 Å². The summed E-state index contributed by atoms with van der Waals surface area (Å²) in [5.41, 5.74) is 13.1. The van der Waals surface area contributed by atoms with E-state index in [0.717, 1.165) is 6.54 Å². The van der Waals surface area contributed by atoms with Crippen LogP contribution in [0.2, 0.25) is 0 Å². The molecule has 0 saturated heterocycles. The van der Waals surface area contributed by atoms with Crippen molar-refractivity contribution in [1.29, 1.82) is 0 Å². The van der Waals surface area contributed by atoms with Gasteiger partial charge >= 0.3 is 0 Å². The Balaban J connectivity index is 1.99. The predicted molar refractivity (Wildman–Crippen MR) is 69.6 cm³/mol. The van der Waals surface area contributed by atoms with Gasteiger partial charge in [0.25, 0.3) is 5.91 Å². The number of anilines is 2. The van der Waals surface area contributed by atoms with Crippen molar-refractivity contribution in [2.75, 3.05) is 18.0 Å². The van der Waals surface area contributed by atoms with E-state index in [1.54, 1.807) is 18.2 Å². The van der Waals surface area contributed by atoms with Crippen molar-refractivity contribution in [2.45, 2.75) is 26.2 Å². The number of hydrogen-bond acceptors (Lipinski definition) is 3. The van der Waals surface area contributed by atoms with Crippen LogP contribution in [0.5, 0.6) is 0 Å². The lowest BCUT2D eigenvalue weighted by Crippen LogP contribution is -2.40. The molecule has 2 rings (SSSR count). The first-order valence-electron chi connectivity index (χ1n) is 5.93. The first kappa shape index (κ1) is 11.8. The third-order valence-electron chi connectivity index (χ3n) is 3.56. The molecule has 0 unspecified atom stereocenters. The van der Waals surface area contributed by atoms with Crippen molar-refractivity contribution in [1.82, 2.24) is 5.32 Å². The van der Waals surface area contributed by atoms with E-state index < -0.39 is 0 Å². The monoisotopic (exact) mass is 233 g/mol. The summed E-state index contributed by atoms with van der Waals surface area (Å²) in [6, 6.07) is 4.97. The molecule has 0 radical (unpaired) electrons. The van der Waals surface area contributed by atoms with E-state index in [1.165, 1.54) is 19.3 Å². The van der Waals surface area contributed by atoms with Crippen LogP contribution in [0.25, 0.3) is 0 Å². The fraction of sp³-hybridized carbons (Fsp3) is 0.462. The number of hydrogen-bond donors (Lipinski definition) is 3. The van der Waals surface area contributed by atoms with Crippen LogP contribution in [0.3, 0.4) is 0 Å². The minimum absolute atomic E-state index is 0.115. The standard InChI is InChI=1S/C13H19N3O/c1-13(5-2-6-13)8-16-12(17)10-4-3-9(14)7-11(10)15/h3-4,7H,2,5-6,8,14-15H2,1H3,(H,16,17). The van der Waals surface area contributed by atoms with Gasteiger partial charge in [0.05, 0.1) is 5.56 Å². The Morgan fingerprint density at radius 2 is 2.12 bits per heavy atom. The fourth-order valence-electron chi connectivity index (χ4n) is 2.13. The molecule has 1 amide bonds. The van der Waals surface area contributed by atoms with Gasteiger partial charge in [0.15, 0.2) is 0 Å². The highest BCUT2D eigenvalue weighted by molar-refractivity contribution is 5.99. The predicted octanol–water partition coefficient (Wildman–Crippen LogP) is 1.77. The van der Waals surface area contributed by atoms with Crippen molar-refractivity contribution in [2.24, 2.45) is 5.41 Å². The number of amides is 1. The maximum atomic E-state index is 11.9. The van der Waals surface area contributed by atoms with Gasteiger partial charge in [-0.05, 0) is 36.5 Å². The molecular weight excluding hydrogens is 214 g/mol. The molecule has 0 heterocycles. The number of nitrogen functional groups attached to an aromatic ring is 2. The topological polar surface area (TPSA) is 81.1 Å². The smallest absolute Gasteiger partial charge is 0.253 e. The Labute approximate surface area is 101 Å². The first-order valence-corrected chi connectivity index (χ1v) is 5.93. The molecule has 17 heavy (non-hydrogen) atoms. The summed E-state index contributed by atoms with van der Waals surface area (Å²) in [4.78, 5) is 11.9. The summed E-state index contributed by atoms with van der Waals surface area (Å²) < 4.78 is 0. The number of nitrogens with one attached hydrogen (secondary N) is 1. The van der Waals surface area contributed by atoms with E-state index in [1.807, 2.05) is 0 Å². The average Bonchev–Trinajstić information content (AvgIpc) is 2.23. The molecule has 4 nitrogen and oxygen atoms in total. The van der Waals surface area contributed by atoms with Gasteiger partial charge < -0.3 is 16.8 Å². The lowest BCUT2D eigenvalue weighted by atomic mass is 9.70. The Morgan fingerprint density at radius 1 is 1.41 bits per heavy atom. The Kier molecular flexibility index (Phi) is 2.96. The largest absolute Gasteiger partial charge is 0.399 e. The minimum Gasteiger partial charge on any atom is -0.399 e. The number of benzene rings is 1. The van der Waals surface area contributed by atoms with Crippen LogP contribution in [0.1, 0.15) is 36.5 Å². The van der Waals surface area contributed by atoms with Gasteiger partial charge in [-0.3, -0.25) is 4.79 Å². The van der Waals surface area contributed by atoms with Gasteiger partial charge in [-0.2, -0.15) is 0 Å². The summed E-state index contributed by atoms with van der Waals surface area (Å²) in [5, 5.41) is 2.94. The van der Waals surface area contributed by atoms with Crippen molar-refractivity contribution in [3.63, 3.8) is 0 Å². The molecule has 1 aliphatic rings. The highest BCUT2D eigenvalue weighted by Gasteiger charge is 2.32. The maximum absolute atomic E-state index is 11.9. The SMILES string of the molecule is CC1(CNC(=O)c2ccc(N)cc2N)CCC1. The highest BCUT2D eigenvalue weighted by atomic mass is 16.1. The fourth-order valence-corrected chi connectivity index (χ4v) is 2.13. The lowest BCUT2D eigenvalue weighted by Gasteiger charge is -2.38. The average molecular weight is 233 g/mol. The van der Waals surface area contributed by atoms with E-state index in [9.17, 15) is 4.79 Å².